The summed E-state index contributed by atoms with van der Waals surface area (Å²) in [7, 11) is 0. The number of carbonyl (C=O) groups excluding carboxylic acids is 1. The molecule has 1 amide bonds. The van der Waals surface area contributed by atoms with E-state index in [-0.39, 0.29) is 28.5 Å². The maximum Gasteiger partial charge on any atom is 0.410 e. The third-order valence-electron chi connectivity index (χ3n) is 6.01. The number of hydrogen-bond donors (Lipinski definition) is 1. The first-order chi connectivity index (χ1) is 16.1. The number of benzene rings is 2. The Balaban J connectivity index is 1.51. The van der Waals surface area contributed by atoms with Crippen LogP contribution in [-0.2, 0) is 4.74 Å². The zero-order chi connectivity index (χ0) is 24.2. The van der Waals surface area contributed by atoms with Crippen molar-refractivity contribution in [3.63, 3.8) is 0 Å². The molecule has 2 aliphatic heterocycles. The van der Waals surface area contributed by atoms with Gasteiger partial charge < -0.3 is 24.4 Å². The molecule has 1 fully saturated rings. The molecule has 1 N–H and O–H groups in total. The summed E-state index contributed by atoms with van der Waals surface area (Å²) in [5.41, 5.74) is 1.28. The van der Waals surface area contributed by atoms with E-state index in [2.05, 4.69) is 9.88 Å². The zero-order valence-corrected chi connectivity index (χ0v) is 19.9. The molecule has 2 aromatic carbocycles. The van der Waals surface area contributed by atoms with E-state index in [0.717, 1.165) is 11.1 Å². The molecule has 9 heteroatoms. The van der Waals surface area contributed by atoms with Crippen LogP contribution in [0.25, 0.3) is 22.0 Å². The van der Waals surface area contributed by atoms with E-state index in [4.69, 9.17) is 21.1 Å². The monoisotopic (exact) mass is 485 g/mol. The van der Waals surface area contributed by atoms with Crippen molar-refractivity contribution in [2.45, 2.75) is 32.4 Å². The van der Waals surface area contributed by atoms with E-state index in [1.807, 2.05) is 20.8 Å². The summed E-state index contributed by atoms with van der Waals surface area (Å²) in [6.07, 6.45) is 1.31. The molecule has 34 heavy (non-hydrogen) atoms. The third kappa shape index (κ3) is 3.96. The highest BCUT2D eigenvalue weighted by Crippen LogP contribution is 2.44. The molecule has 3 aromatic rings. The second-order valence-corrected chi connectivity index (χ2v) is 9.95. The van der Waals surface area contributed by atoms with Crippen LogP contribution in [0.3, 0.4) is 0 Å². The summed E-state index contributed by atoms with van der Waals surface area (Å²) < 4.78 is 26.0. The van der Waals surface area contributed by atoms with Crippen LogP contribution in [0.2, 0.25) is 5.02 Å². The number of aromatic hydroxyl groups is 1. The summed E-state index contributed by atoms with van der Waals surface area (Å²) in [4.78, 5) is 21.0. The van der Waals surface area contributed by atoms with Crippen molar-refractivity contribution < 1.29 is 23.8 Å². The molecule has 0 aliphatic carbocycles. The first kappa shape index (κ1) is 22.5. The molecule has 0 unspecified atom stereocenters. The van der Waals surface area contributed by atoms with Gasteiger partial charge in [0.15, 0.2) is 5.75 Å². The zero-order valence-electron chi connectivity index (χ0n) is 19.1. The van der Waals surface area contributed by atoms with Crippen LogP contribution in [-0.4, -0.2) is 59.0 Å². The van der Waals surface area contributed by atoms with E-state index in [0.29, 0.717) is 43.1 Å². The number of amides is 1. The molecule has 5 rings (SSSR count). The van der Waals surface area contributed by atoms with Crippen molar-refractivity contribution in [1.29, 1.82) is 0 Å². The molecular weight excluding hydrogens is 461 g/mol. The fraction of sp³-hybridized carbons (Fsp3) is 0.360. The van der Waals surface area contributed by atoms with Crippen LogP contribution in [0.4, 0.5) is 14.9 Å². The number of rotatable bonds is 1. The van der Waals surface area contributed by atoms with Crippen LogP contribution in [0.1, 0.15) is 20.8 Å². The van der Waals surface area contributed by atoms with Gasteiger partial charge in [-0.25, -0.2) is 9.18 Å². The van der Waals surface area contributed by atoms with Crippen molar-refractivity contribution in [3.05, 3.63) is 47.4 Å². The van der Waals surface area contributed by atoms with Gasteiger partial charge in [0, 0.05) is 35.6 Å². The van der Waals surface area contributed by atoms with Gasteiger partial charge in [-0.2, -0.15) is 0 Å². The first-order valence-electron chi connectivity index (χ1n) is 11.1. The second-order valence-electron chi connectivity index (χ2n) is 9.54. The average Bonchev–Trinajstić information content (AvgIpc) is 2.77. The molecule has 0 radical (unpaired) electrons. The molecule has 1 atom stereocenters. The van der Waals surface area contributed by atoms with Crippen molar-refractivity contribution in [3.8, 4) is 22.6 Å². The topological polar surface area (TPSA) is 75.1 Å². The predicted octanol–water partition coefficient (Wildman–Crippen LogP) is 5.22. The molecule has 0 saturated carbocycles. The van der Waals surface area contributed by atoms with Gasteiger partial charge in [-0.05, 0) is 45.0 Å². The van der Waals surface area contributed by atoms with E-state index in [1.165, 1.54) is 18.2 Å². The largest absolute Gasteiger partial charge is 0.507 e. The molecule has 7 nitrogen and oxygen atoms in total. The lowest BCUT2D eigenvalue weighted by molar-refractivity contribution is 0.0195. The highest BCUT2D eigenvalue weighted by atomic mass is 35.5. The van der Waals surface area contributed by atoms with Crippen molar-refractivity contribution in [2.24, 2.45) is 0 Å². The highest BCUT2D eigenvalue weighted by molar-refractivity contribution is 6.34. The van der Waals surface area contributed by atoms with Gasteiger partial charge in [-0.3, -0.25) is 4.98 Å². The van der Waals surface area contributed by atoms with Gasteiger partial charge in [0.2, 0.25) is 0 Å². The van der Waals surface area contributed by atoms with E-state index in [1.54, 1.807) is 23.2 Å². The predicted molar refractivity (Wildman–Crippen MR) is 128 cm³/mol. The Hall–Kier alpha value is -3.26. The van der Waals surface area contributed by atoms with E-state index >= 15 is 0 Å². The van der Waals surface area contributed by atoms with Crippen LogP contribution in [0, 0.1) is 5.82 Å². The van der Waals surface area contributed by atoms with Gasteiger partial charge in [0.1, 0.15) is 23.8 Å². The Morgan fingerprint density at radius 2 is 2.09 bits per heavy atom. The Morgan fingerprint density at radius 1 is 1.29 bits per heavy atom. The highest BCUT2D eigenvalue weighted by Gasteiger charge is 2.37. The lowest BCUT2D eigenvalue weighted by Crippen LogP contribution is -2.59. The van der Waals surface area contributed by atoms with Gasteiger partial charge in [0.25, 0.3) is 0 Å². The minimum Gasteiger partial charge on any atom is -0.507 e. The molecule has 2 aliphatic rings. The lowest BCUT2D eigenvalue weighted by atomic mass is 9.99. The number of halogens is 2. The molecule has 3 heterocycles. The van der Waals surface area contributed by atoms with Gasteiger partial charge in [-0.1, -0.05) is 17.7 Å². The third-order valence-corrected chi connectivity index (χ3v) is 6.32. The summed E-state index contributed by atoms with van der Waals surface area (Å²) >= 11 is 6.59. The summed E-state index contributed by atoms with van der Waals surface area (Å²) in [6, 6.07) is 7.48. The number of ether oxygens (including phenoxy) is 2. The number of aromatic nitrogens is 1. The number of phenolic OH excluding ortho intramolecular Hbond substituents is 1. The first-order valence-corrected chi connectivity index (χ1v) is 11.5. The fourth-order valence-electron chi connectivity index (χ4n) is 4.52. The van der Waals surface area contributed by atoms with Crippen LogP contribution < -0.4 is 9.64 Å². The summed E-state index contributed by atoms with van der Waals surface area (Å²) in [5.74, 6) is -0.131. The maximum atomic E-state index is 14.5. The van der Waals surface area contributed by atoms with Gasteiger partial charge >= 0.3 is 6.09 Å². The molecule has 0 spiro atoms. The number of anilines is 1. The normalized spacial score (nSPS) is 17.7. The quantitative estimate of drug-likeness (QED) is 0.509. The standard InChI is InChI=1S/C25H25ClFN3O4/c1-25(2,3)34-24(32)29-7-8-30-14(12-29)13-33-21-11-28-19-10-15(17(26)9-16(19)23(21)30)22-18(27)5-4-6-20(22)31/h4-6,9-11,14,31H,7-8,12-13H2,1-3H3/t14-/m1/s1. The SMILES string of the molecule is CC(C)(C)OC(=O)N1CCN2c3c(cnc4cc(-c5c(O)cccc5F)c(Cl)cc34)OC[C@H]2C1. The Labute approximate surface area is 201 Å². The number of carbonyl (C=O) groups is 1. The maximum absolute atomic E-state index is 14.5. The van der Waals surface area contributed by atoms with Gasteiger partial charge in [0.05, 0.1) is 29.0 Å². The summed E-state index contributed by atoms with van der Waals surface area (Å²) in [5, 5.41) is 11.3. The Morgan fingerprint density at radius 3 is 2.82 bits per heavy atom. The Kier molecular flexibility index (Phi) is 5.43. The van der Waals surface area contributed by atoms with E-state index < -0.39 is 11.4 Å². The van der Waals surface area contributed by atoms with Crippen molar-refractivity contribution in [2.75, 3.05) is 31.1 Å². The number of nitrogens with zero attached hydrogens (tertiary/aromatic N) is 3. The summed E-state index contributed by atoms with van der Waals surface area (Å²) in [6.45, 7) is 7.51. The number of phenols is 1. The van der Waals surface area contributed by atoms with Crippen LogP contribution in [0.5, 0.6) is 11.5 Å². The van der Waals surface area contributed by atoms with E-state index in [9.17, 15) is 14.3 Å². The van der Waals surface area contributed by atoms with Crippen molar-refractivity contribution >= 4 is 34.3 Å². The Bertz CT molecular complexity index is 1270. The molecule has 1 aromatic heterocycles. The van der Waals surface area contributed by atoms with Crippen molar-refractivity contribution in [1.82, 2.24) is 9.88 Å². The lowest BCUT2D eigenvalue weighted by Gasteiger charge is -2.45. The number of pyridine rings is 1. The molecular formula is C25H25ClFN3O4. The molecule has 178 valence electrons. The smallest absolute Gasteiger partial charge is 0.410 e. The second kappa shape index (κ2) is 8.20. The fourth-order valence-corrected chi connectivity index (χ4v) is 4.78. The minimum absolute atomic E-state index is 0.0361. The van der Waals surface area contributed by atoms with Gasteiger partial charge in [-0.15, -0.1) is 0 Å². The number of hydrogen-bond acceptors (Lipinski definition) is 6. The molecule has 1 saturated heterocycles. The van der Waals surface area contributed by atoms with Crippen LogP contribution in [0.15, 0.2) is 36.5 Å². The molecule has 0 bridgehead atoms. The van der Waals surface area contributed by atoms with Crippen LogP contribution >= 0.6 is 11.6 Å². The number of piperazine rings is 1. The number of fused-ring (bicyclic) bond motifs is 5. The average molecular weight is 486 g/mol. The minimum atomic E-state index is -0.569.